The van der Waals surface area contributed by atoms with Crippen molar-refractivity contribution in [2.75, 3.05) is 13.8 Å². The SMILES string of the molecule is C[C@H](NC(=O)N(C)[C@@H](C)c1cccc([N+](=O)[O-])c1)c1ccc2c(c1)OCO2. The zero-order valence-corrected chi connectivity index (χ0v) is 15.3. The maximum atomic E-state index is 12.6. The standard InChI is InChI=1S/C19H21N3O5/c1-12(14-7-8-17-18(10-14)27-11-26-17)20-19(23)21(3)13(2)15-5-4-6-16(9-15)22(24)25/h4-10,12-13H,11H2,1-3H3,(H,20,23)/t12-,13-/m0/s1. The van der Waals surface area contributed by atoms with Crippen LogP contribution in [0.4, 0.5) is 10.5 Å². The van der Waals surface area contributed by atoms with Crippen LogP contribution in [0.2, 0.25) is 0 Å². The minimum absolute atomic E-state index is 0.00175. The van der Waals surface area contributed by atoms with Crippen molar-refractivity contribution in [2.24, 2.45) is 0 Å². The molecule has 8 nitrogen and oxygen atoms in total. The second kappa shape index (κ2) is 7.53. The van der Waals surface area contributed by atoms with Crippen molar-refractivity contribution in [3.63, 3.8) is 0 Å². The number of nitro groups is 1. The second-order valence-corrected chi connectivity index (χ2v) is 6.42. The van der Waals surface area contributed by atoms with Crippen LogP contribution in [0, 0.1) is 10.1 Å². The van der Waals surface area contributed by atoms with E-state index in [0.29, 0.717) is 17.1 Å². The predicted octanol–water partition coefficient (Wildman–Crippen LogP) is 3.79. The number of nitrogens with one attached hydrogen (secondary N) is 1. The first kappa shape index (κ1) is 18.5. The minimum atomic E-state index is -0.446. The highest BCUT2D eigenvalue weighted by molar-refractivity contribution is 5.75. The Morgan fingerprint density at radius 3 is 2.63 bits per heavy atom. The van der Waals surface area contributed by atoms with E-state index in [4.69, 9.17) is 9.47 Å². The van der Waals surface area contributed by atoms with Crippen LogP contribution < -0.4 is 14.8 Å². The van der Waals surface area contributed by atoms with Crippen LogP contribution in [0.3, 0.4) is 0 Å². The van der Waals surface area contributed by atoms with E-state index in [-0.39, 0.29) is 30.6 Å². The van der Waals surface area contributed by atoms with Gasteiger partial charge in [-0.05, 0) is 37.1 Å². The first-order valence-electron chi connectivity index (χ1n) is 8.54. The van der Waals surface area contributed by atoms with Crippen LogP contribution in [0.15, 0.2) is 42.5 Å². The summed E-state index contributed by atoms with van der Waals surface area (Å²) >= 11 is 0. The molecule has 0 unspecified atom stereocenters. The molecule has 3 rings (SSSR count). The van der Waals surface area contributed by atoms with E-state index in [1.54, 1.807) is 19.2 Å². The molecule has 2 atom stereocenters. The quantitative estimate of drug-likeness (QED) is 0.637. The molecule has 0 bridgehead atoms. The van der Waals surface area contributed by atoms with Crippen molar-refractivity contribution in [1.29, 1.82) is 0 Å². The number of nitrogens with zero attached hydrogens (tertiary/aromatic N) is 2. The number of amides is 2. The Bertz CT molecular complexity index is 870. The molecule has 0 aliphatic carbocycles. The summed E-state index contributed by atoms with van der Waals surface area (Å²) in [6.45, 7) is 3.90. The van der Waals surface area contributed by atoms with Crippen molar-refractivity contribution in [3.8, 4) is 11.5 Å². The average Bonchev–Trinajstić information content (AvgIpc) is 3.14. The van der Waals surface area contributed by atoms with Gasteiger partial charge < -0.3 is 19.7 Å². The van der Waals surface area contributed by atoms with Gasteiger partial charge in [0.15, 0.2) is 11.5 Å². The third-order valence-corrected chi connectivity index (χ3v) is 4.70. The van der Waals surface area contributed by atoms with Crippen LogP contribution in [0.1, 0.15) is 37.1 Å². The van der Waals surface area contributed by atoms with Gasteiger partial charge in [-0.1, -0.05) is 18.2 Å². The highest BCUT2D eigenvalue weighted by atomic mass is 16.7. The molecule has 2 amide bonds. The summed E-state index contributed by atoms with van der Waals surface area (Å²) in [6.07, 6.45) is 0. The average molecular weight is 371 g/mol. The number of benzene rings is 2. The van der Waals surface area contributed by atoms with E-state index in [1.807, 2.05) is 32.0 Å². The van der Waals surface area contributed by atoms with E-state index in [0.717, 1.165) is 5.56 Å². The fourth-order valence-corrected chi connectivity index (χ4v) is 2.85. The van der Waals surface area contributed by atoms with Crippen molar-refractivity contribution in [1.82, 2.24) is 10.2 Å². The summed E-state index contributed by atoms with van der Waals surface area (Å²) in [7, 11) is 1.66. The summed E-state index contributed by atoms with van der Waals surface area (Å²) in [5, 5.41) is 13.9. The van der Waals surface area contributed by atoms with Crippen molar-refractivity contribution in [3.05, 3.63) is 63.7 Å². The summed E-state index contributed by atoms with van der Waals surface area (Å²) in [4.78, 5) is 24.6. The highest BCUT2D eigenvalue weighted by Crippen LogP contribution is 2.34. The third kappa shape index (κ3) is 3.94. The normalized spacial score (nSPS) is 14.3. The predicted molar refractivity (Wildman–Crippen MR) is 98.8 cm³/mol. The summed E-state index contributed by atoms with van der Waals surface area (Å²) in [6, 6.07) is 11.0. The molecule has 1 aliphatic heterocycles. The maximum Gasteiger partial charge on any atom is 0.318 e. The lowest BCUT2D eigenvalue weighted by molar-refractivity contribution is -0.384. The number of rotatable bonds is 5. The number of fused-ring (bicyclic) bond motifs is 1. The van der Waals surface area contributed by atoms with Crippen molar-refractivity contribution >= 4 is 11.7 Å². The molecular formula is C19H21N3O5. The monoisotopic (exact) mass is 371 g/mol. The largest absolute Gasteiger partial charge is 0.454 e. The number of non-ortho nitro benzene ring substituents is 1. The van der Waals surface area contributed by atoms with Gasteiger partial charge in [-0.3, -0.25) is 10.1 Å². The Hall–Kier alpha value is -3.29. The Kier molecular flexibility index (Phi) is 5.16. The molecule has 0 saturated carbocycles. The molecule has 142 valence electrons. The van der Waals surface area contributed by atoms with Crippen LogP contribution in [0.5, 0.6) is 11.5 Å². The Morgan fingerprint density at radius 1 is 1.15 bits per heavy atom. The van der Waals surface area contributed by atoms with E-state index < -0.39 is 4.92 Å². The van der Waals surface area contributed by atoms with Gasteiger partial charge >= 0.3 is 6.03 Å². The number of carbonyl (C=O) groups excluding carboxylic acids is 1. The lowest BCUT2D eigenvalue weighted by Gasteiger charge is -2.27. The van der Waals surface area contributed by atoms with E-state index in [1.165, 1.54) is 17.0 Å². The Balaban J connectivity index is 1.68. The number of carbonyl (C=O) groups is 1. The Morgan fingerprint density at radius 2 is 1.89 bits per heavy atom. The molecule has 0 fully saturated rings. The van der Waals surface area contributed by atoms with Crippen LogP contribution in [-0.2, 0) is 0 Å². The molecule has 1 heterocycles. The number of hydrogen-bond donors (Lipinski definition) is 1. The molecule has 1 N–H and O–H groups in total. The van der Waals surface area contributed by atoms with Gasteiger partial charge in [0.05, 0.1) is 17.0 Å². The summed E-state index contributed by atoms with van der Waals surface area (Å²) in [5.74, 6) is 1.35. The highest BCUT2D eigenvalue weighted by Gasteiger charge is 2.22. The van der Waals surface area contributed by atoms with Gasteiger partial charge in [0.25, 0.3) is 5.69 Å². The molecule has 8 heteroatoms. The lowest BCUT2D eigenvalue weighted by atomic mass is 10.1. The summed E-state index contributed by atoms with van der Waals surface area (Å²) in [5.41, 5.74) is 1.59. The van der Waals surface area contributed by atoms with Gasteiger partial charge in [-0.2, -0.15) is 0 Å². The van der Waals surface area contributed by atoms with Gasteiger partial charge in [-0.25, -0.2) is 4.79 Å². The fraction of sp³-hybridized carbons (Fsp3) is 0.316. The third-order valence-electron chi connectivity index (χ3n) is 4.70. The van der Waals surface area contributed by atoms with E-state index in [2.05, 4.69) is 5.32 Å². The molecule has 1 aliphatic rings. The van der Waals surface area contributed by atoms with E-state index in [9.17, 15) is 14.9 Å². The van der Waals surface area contributed by atoms with Gasteiger partial charge in [0, 0.05) is 19.2 Å². The van der Waals surface area contributed by atoms with Crippen molar-refractivity contribution < 1.29 is 19.2 Å². The van der Waals surface area contributed by atoms with Crippen molar-refractivity contribution in [2.45, 2.75) is 25.9 Å². The molecule has 2 aromatic carbocycles. The molecule has 27 heavy (non-hydrogen) atoms. The number of ether oxygens (including phenoxy) is 2. The molecule has 0 spiro atoms. The van der Waals surface area contributed by atoms with Gasteiger partial charge in [0.2, 0.25) is 6.79 Å². The second-order valence-electron chi connectivity index (χ2n) is 6.42. The topological polar surface area (TPSA) is 93.9 Å². The molecular weight excluding hydrogens is 350 g/mol. The lowest BCUT2D eigenvalue weighted by Crippen LogP contribution is -2.39. The maximum absolute atomic E-state index is 12.6. The first-order chi connectivity index (χ1) is 12.9. The van der Waals surface area contributed by atoms with E-state index >= 15 is 0 Å². The summed E-state index contributed by atoms with van der Waals surface area (Å²) < 4.78 is 10.7. The fourth-order valence-electron chi connectivity index (χ4n) is 2.85. The van der Waals surface area contributed by atoms with Crippen LogP contribution >= 0.6 is 0 Å². The molecule has 2 aromatic rings. The number of nitro benzene ring substituents is 1. The zero-order chi connectivity index (χ0) is 19.6. The van der Waals surface area contributed by atoms with Crippen LogP contribution in [0.25, 0.3) is 0 Å². The van der Waals surface area contributed by atoms with Crippen LogP contribution in [-0.4, -0.2) is 29.7 Å². The smallest absolute Gasteiger partial charge is 0.318 e. The zero-order valence-electron chi connectivity index (χ0n) is 15.3. The van der Waals surface area contributed by atoms with Gasteiger partial charge in [-0.15, -0.1) is 0 Å². The van der Waals surface area contributed by atoms with Gasteiger partial charge in [0.1, 0.15) is 0 Å². The number of hydrogen-bond acceptors (Lipinski definition) is 5. The minimum Gasteiger partial charge on any atom is -0.454 e. The first-order valence-corrected chi connectivity index (χ1v) is 8.54. The number of urea groups is 1. The Labute approximate surface area is 156 Å². The molecule has 0 saturated heterocycles. The molecule has 0 radical (unpaired) electrons. The molecule has 0 aromatic heterocycles.